The van der Waals surface area contributed by atoms with Gasteiger partial charge in [0.1, 0.15) is 0 Å². The Hall–Kier alpha value is -1.13. The van der Waals surface area contributed by atoms with Crippen LogP contribution < -0.4 is 5.32 Å². The third kappa shape index (κ3) is 3.43. The molecule has 102 valence electrons. The minimum atomic E-state index is -0.464. The standard InChI is InChI=1S/C14H25N3O/c1-5-9-16(10-6-2)13(18)14(3,4)17-11-7-15-8-12-17/h5-6,15H,1-2,7-12H2,3-4H3. The molecule has 0 saturated carbocycles. The fraction of sp³-hybridized carbons (Fsp3) is 0.643. The van der Waals surface area contributed by atoms with Crippen molar-refractivity contribution in [2.75, 3.05) is 39.3 Å². The normalized spacial score (nSPS) is 17.2. The summed E-state index contributed by atoms with van der Waals surface area (Å²) in [6.45, 7) is 16.3. The molecular weight excluding hydrogens is 226 g/mol. The second-order valence-electron chi connectivity index (χ2n) is 5.08. The number of nitrogens with zero attached hydrogens (tertiary/aromatic N) is 2. The summed E-state index contributed by atoms with van der Waals surface area (Å²) < 4.78 is 0. The van der Waals surface area contributed by atoms with E-state index in [1.165, 1.54) is 0 Å². The van der Waals surface area contributed by atoms with Gasteiger partial charge in [-0.05, 0) is 13.8 Å². The molecular formula is C14H25N3O. The molecule has 1 amide bonds. The van der Waals surface area contributed by atoms with Gasteiger partial charge in [-0.2, -0.15) is 0 Å². The van der Waals surface area contributed by atoms with E-state index in [9.17, 15) is 4.79 Å². The number of carbonyl (C=O) groups is 1. The average Bonchev–Trinajstić information content (AvgIpc) is 2.38. The predicted molar refractivity (Wildman–Crippen MR) is 75.5 cm³/mol. The van der Waals surface area contributed by atoms with Crippen LogP contribution in [0.15, 0.2) is 25.3 Å². The van der Waals surface area contributed by atoms with Crippen molar-refractivity contribution in [2.45, 2.75) is 19.4 Å². The number of hydrogen-bond acceptors (Lipinski definition) is 3. The van der Waals surface area contributed by atoms with Crippen LogP contribution >= 0.6 is 0 Å². The van der Waals surface area contributed by atoms with Crippen molar-refractivity contribution in [3.05, 3.63) is 25.3 Å². The molecule has 0 unspecified atom stereocenters. The highest BCUT2D eigenvalue weighted by Crippen LogP contribution is 2.18. The molecule has 0 aliphatic carbocycles. The van der Waals surface area contributed by atoms with Crippen molar-refractivity contribution in [3.63, 3.8) is 0 Å². The minimum Gasteiger partial charge on any atom is -0.334 e. The number of carbonyl (C=O) groups excluding carboxylic acids is 1. The number of hydrogen-bond donors (Lipinski definition) is 1. The Labute approximate surface area is 110 Å². The van der Waals surface area contributed by atoms with Gasteiger partial charge in [-0.1, -0.05) is 12.2 Å². The fourth-order valence-corrected chi connectivity index (χ4v) is 2.30. The Morgan fingerprint density at radius 3 is 2.22 bits per heavy atom. The molecule has 18 heavy (non-hydrogen) atoms. The van der Waals surface area contributed by atoms with Crippen molar-refractivity contribution < 1.29 is 4.79 Å². The van der Waals surface area contributed by atoms with Gasteiger partial charge in [0.05, 0.1) is 5.54 Å². The summed E-state index contributed by atoms with van der Waals surface area (Å²) in [5.74, 6) is 0.143. The Balaban J connectivity index is 2.76. The van der Waals surface area contributed by atoms with Crippen LogP contribution in [0.5, 0.6) is 0 Å². The zero-order chi connectivity index (χ0) is 13.6. The number of nitrogens with one attached hydrogen (secondary N) is 1. The van der Waals surface area contributed by atoms with Crippen molar-refractivity contribution in [1.29, 1.82) is 0 Å². The van der Waals surface area contributed by atoms with Crippen LogP contribution in [0.4, 0.5) is 0 Å². The van der Waals surface area contributed by atoms with Gasteiger partial charge in [0.25, 0.3) is 0 Å². The maximum absolute atomic E-state index is 12.6. The van der Waals surface area contributed by atoms with Gasteiger partial charge in [-0.15, -0.1) is 13.2 Å². The van der Waals surface area contributed by atoms with Gasteiger partial charge in [0.15, 0.2) is 0 Å². The Morgan fingerprint density at radius 2 is 1.78 bits per heavy atom. The van der Waals surface area contributed by atoms with E-state index in [0.717, 1.165) is 26.2 Å². The van der Waals surface area contributed by atoms with E-state index in [2.05, 4.69) is 23.4 Å². The molecule has 0 radical (unpaired) electrons. The fourth-order valence-electron chi connectivity index (χ4n) is 2.30. The molecule has 1 fully saturated rings. The first kappa shape index (κ1) is 14.9. The molecule has 0 bridgehead atoms. The van der Waals surface area contributed by atoms with E-state index in [1.807, 2.05) is 13.8 Å². The van der Waals surface area contributed by atoms with Crippen LogP contribution in [0, 0.1) is 0 Å². The van der Waals surface area contributed by atoms with E-state index in [0.29, 0.717) is 13.1 Å². The largest absolute Gasteiger partial charge is 0.334 e. The van der Waals surface area contributed by atoms with Crippen molar-refractivity contribution in [2.24, 2.45) is 0 Å². The third-order valence-electron chi connectivity index (χ3n) is 3.42. The molecule has 1 heterocycles. The molecule has 0 spiro atoms. The summed E-state index contributed by atoms with van der Waals surface area (Å²) in [5, 5.41) is 3.31. The lowest BCUT2D eigenvalue weighted by molar-refractivity contribution is -0.142. The summed E-state index contributed by atoms with van der Waals surface area (Å²) in [4.78, 5) is 16.6. The molecule has 4 heteroatoms. The average molecular weight is 251 g/mol. The van der Waals surface area contributed by atoms with E-state index >= 15 is 0 Å². The molecule has 4 nitrogen and oxygen atoms in total. The first-order valence-electron chi connectivity index (χ1n) is 6.51. The van der Waals surface area contributed by atoms with Crippen LogP contribution in [0.1, 0.15) is 13.8 Å². The Bertz CT molecular complexity index is 296. The highest BCUT2D eigenvalue weighted by Gasteiger charge is 2.37. The van der Waals surface area contributed by atoms with Crippen molar-refractivity contribution in [3.8, 4) is 0 Å². The second kappa shape index (κ2) is 6.71. The molecule has 0 aromatic heterocycles. The SMILES string of the molecule is C=CCN(CC=C)C(=O)C(C)(C)N1CCNCC1. The Morgan fingerprint density at radius 1 is 1.28 bits per heavy atom. The second-order valence-corrected chi connectivity index (χ2v) is 5.08. The number of piperazine rings is 1. The van der Waals surface area contributed by atoms with Crippen molar-refractivity contribution >= 4 is 5.91 Å². The minimum absolute atomic E-state index is 0.143. The topological polar surface area (TPSA) is 35.6 Å². The molecule has 0 aromatic carbocycles. The predicted octanol–water partition coefficient (Wildman–Crippen LogP) is 0.871. The maximum atomic E-state index is 12.6. The van der Waals surface area contributed by atoms with Gasteiger partial charge < -0.3 is 10.2 Å². The lowest BCUT2D eigenvalue weighted by Crippen LogP contribution is -2.60. The first-order valence-corrected chi connectivity index (χ1v) is 6.51. The summed E-state index contributed by atoms with van der Waals surface area (Å²) in [6.07, 6.45) is 3.52. The van der Waals surface area contributed by atoms with Gasteiger partial charge >= 0.3 is 0 Å². The zero-order valence-corrected chi connectivity index (χ0v) is 11.6. The molecule has 1 aliphatic rings. The van der Waals surface area contributed by atoms with Gasteiger partial charge in [0, 0.05) is 39.3 Å². The smallest absolute Gasteiger partial charge is 0.243 e. The van der Waals surface area contributed by atoms with Gasteiger partial charge in [-0.25, -0.2) is 0 Å². The monoisotopic (exact) mass is 251 g/mol. The van der Waals surface area contributed by atoms with Crippen LogP contribution in [0.25, 0.3) is 0 Å². The lowest BCUT2D eigenvalue weighted by atomic mass is 9.99. The number of amides is 1. The van der Waals surface area contributed by atoms with Crippen LogP contribution in [0.2, 0.25) is 0 Å². The molecule has 1 saturated heterocycles. The third-order valence-corrected chi connectivity index (χ3v) is 3.42. The summed E-state index contributed by atoms with van der Waals surface area (Å²) in [6, 6.07) is 0. The summed E-state index contributed by atoms with van der Waals surface area (Å²) in [7, 11) is 0. The zero-order valence-electron chi connectivity index (χ0n) is 11.6. The van der Waals surface area contributed by atoms with E-state index in [4.69, 9.17) is 0 Å². The summed E-state index contributed by atoms with van der Waals surface area (Å²) in [5.41, 5.74) is -0.464. The number of rotatable bonds is 6. The molecule has 1 N–H and O–H groups in total. The highest BCUT2D eigenvalue weighted by atomic mass is 16.2. The Kier molecular flexibility index (Phi) is 5.56. The van der Waals surface area contributed by atoms with Gasteiger partial charge in [0.2, 0.25) is 5.91 Å². The lowest BCUT2D eigenvalue weighted by Gasteiger charge is -2.42. The van der Waals surface area contributed by atoms with Crippen LogP contribution in [-0.4, -0.2) is 60.5 Å². The van der Waals surface area contributed by atoms with E-state index < -0.39 is 5.54 Å². The van der Waals surface area contributed by atoms with E-state index in [-0.39, 0.29) is 5.91 Å². The van der Waals surface area contributed by atoms with Crippen LogP contribution in [-0.2, 0) is 4.79 Å². The quantitative estimate of drug-likeness (QED) is 0.712. The molecule has 1 aliphatic heterocycles. The maximum Gasteiger partial charge on any atom is 0.243 e. The van der Waals surface area contributed by atoms with Crippen LogP contribution in [0.3, 0.4) is 0 Å². The highest BCUT2D eigenvalue weighted by molar-refractivity contribution is 5.85. The molecule has 1 rings (SSSR count). The molecule has 0 atom stereocenters. The first-order chi connectivity index (χ1) is 8.54. The molecule has 0 aromatic rings. The van der Waals surface area contributed by atoms with Crippen molar-refractivity contribution in [1.82, 2.24) is 15.1 Å². The van der Waals surface area contributed by atoms with Gasteiger partial charge in [-0.3, -0.25) is 9.69 Å². The van der Waals surface area contributed by atoms with E-state index in [1.54, 1.807) is 17.1 Å². The summed E-state index contributed by atoms with van der Waals surface area (Å²) >= 11 is 0.